The standard InChI is InChI=1S/C6H11ClO2S/c1-5-2-3-6(4-5)10(7,8)9/h5-6H,2-4H2,1H3/t5-,6+/m1/s1. The van der Waals surface area contributed by atoms with E-state index in [4.69, 9.17) is 10.7 Å². The van der Waals surface area contributed by atoms with E-state index in [0.717, 1.165) is 19.3 Å². The molecule has 0 bridgehead atoms. The molecule has 1 saturated carbocycles. The van der Waals surface area contributed by atoms with Gasteiger partial charge in [0.25, 0.3) is 0 Å². The Labute approximate surface area is 66.0 Å². The maximum atomic E-state index is 10.7. The Hall–Kier alpha value is 0.240. The maximum Gasteiger partial charge on any atom is 0.235 e. The van der Waals surface area contributed by atoms with E-state index in [1.54, 1.807) is 0 Å². The molecule has 10 heavy (non-hydrogen) atoms. The van der Waals surface area contributed by atoms with Crippen molar-refractivity contribution in [1.82, 2.24) is 0 Å². The monoisotopic (exact) mass is 182 g/mol. The van der Waals surface area contributed by atoms with Crippen molar-refractivity contribution in [3.8, 4) is 0 Å². The Morgan fingerprint density at radius 1 is 1.40 bits per heavy atom. The Kier molecular flexibility index (Phi) is 2.25. The van der Waals surface area contributed by atoms with Crippen LogP contribution in [-0.2, 0) is 9.05 Å². The van der Waals surface area contributed by atoms with Crippen molar-refractivity contribution in [3.63, 3.8) is 0 Å². The third-order valence-corrected chi connectivity index (χ3v) is 4.03. The van der Waals surface area contributed by atoms with Crippen molar-refractivity contribution in [2.24, 2.45) is 5.92 Å². The van der Waals surface area contributed by atoms with E-state index in [9.17, 15) is 8.42 Å². The highest BCUT2D eigenvalue weighted by Crippen LogP contribution is 2.31. The zero-order valence-corrected chi connectivity index (χ0v) is 7.45. The number of rotatable bonds is 1. The Bertz CT molecular complexity index is 210. The summed E-state index contributed by atoms with van der Waals surface area (Å²) < 4.78 is 21.5. The molecule has 60 valence electrons. The molecule has 0 N–H and O–H groups in total. The van der Waals surface area contributed by atoms with Crippen LogP contribution in [0, 0.1) is 5.92 Å². The highest BCUT2D eigenvalue weighted by molar-refractivity contribution is 8.14. The Balaban J connectivity index is 2.62. The van der Waals surface area contributed by atoms with Crippen molar-refractivity contribution in [2.45, 2.75) is 31.4 Å². The molecule has 1 rings (SSSR count). The minimum atomic E-state index is -3.26. The van der Waals surface area contributed by atoms with Gasteiger partial charge < -0.3 is 0 Å². The largest absolute Gasteiger partial charge is 0.235 e. The first-order valence-electron chi connectivity index (χ1n) is 3.43. The second-order valence-corrected chi connectivity index (χ2v) is 5.92. The molecule has 0 unspecified atom stereocenters. The fourth-order valence-corrected chi connectivity index (χ4v) is 2.87. The second-order valence-electron chi connectivity index (χ2n) is 3.02. The zero-order chi connectivity index (χ0) is 7.78. The lowest BCUT2D eigenvalue weighted by Crippen LogP contribution is -2.11. The van der Waals surface area contributed by atoms with Gasteiger partial charge in [-0.2, -0.15) is 0 Å². The van der Waals surface area contributed by atoms with Gasteiger partial charge in [0, 0.05) is 10.7 Å². The highest BCUT2D eigenvalue weighted by atomic mass is 35.7. The van der Waals surface area contributed by atoms with Crippen LogP contribution in [0.15, 0.2) is 0 Å². The zero-order valence-electron chi connectivity index (χ0n) is 5.88. The molecule has 0 aromatic heterocycles. The van der Waals surface area contributed by atoms with E-state index >= 15 is 0 Å². The Morgan fingerprint density at radius 2 is 2.00 bits per heavy atom. The summed E-state index contributed by atoms with van der Waals surface area (Å²) in [6, 6.07) is 0. The van der Waals surface area contributed by atoms with Crippen LogP contribution >= 0.6 is 10.7 Å². The molecule has 1 aliphatic carbocycles. The topological polar surface area (TPSA) is 34.1 Å². The van der Waals surface area contributed by atoms with Crippen LogP contribution < -0.4 is 0 Å². The molecule has 0 saturated heterocycles. The summed E-state index contributed by atoms with van der Waals surface area (Å²) in [5.41, 5.74) is 0. The van der Waals surface area contributed by atoms with E-state index in [-0.39, 0.29) is 5.25 Å². The summed E-state index contributed by atoms with van der Waals surface area (Å²) >= 11 is 0. The average molecular weight is 183 g/mol. The molecule has 0 aromatic rings. The van der Waals surface area contributed by atoms with Gasteiger partial charge >= 0.3 is 0 Å². The third-order valence-electron chi connectivity index (χ3n) is 2.04. The second kappa shape index (κ2) is 2.70. The first-order chi connectivity index (χ1) is 4.50. The van der Waals surface area contributed by atoms with Crippen molar-refractivity contribution in [1.29, 1.82) is 0 Å². The van der Waals surface area contributed by atoms with Gasteiger partial charge in [0.1, 0.15) is 0 Å². The molecule has 1 aliphatic rings. The van der Waals surface area contributed by atoms with Crippen molar-refractivity contribution >= 4 is 19.7 Å². The lowest BCUT2D eigenvalue weighted by molar-refractivity contribution is 0.583. The van der Waals surface area contributed by atoms with Crippen LogP contribution in [0.25, 0.3) is 0 Å². The quantitative estimate of drug-likeness (QED) is 0.579. The molecule has 0 amide bonds. The highest BCUT2D eigenvalue weighted by Gasteiger charge is 2.30. The van der Waals surface area contributed by atoms with Crippen molar-refractivity contribution < 1.29 is 8.42 Å². The van der Waals surface area contributed by atoms with Gasteiger partial charge in [0.15, 0.2) is 0 Å². The summed E-state index contributed by atoms with van der Waals surface area (Å²) in [5, 5.41) is -0.274. The van der Waals surface area contributed by atoms with Gasteiger partial charge in [0.05, 0.1) is 5.25 Å². The molecule has 1 fully saturated rings. The summed E-state index contributed by atoms with van der Waals surface area (Å²) in [6.45, 7) is 2.06. The number of hydrogen-bond donors (Lipinski definition) is 0. The fraction of sp³-hybridized carbons (Fsp3) is 1.00. The van der Waals surface area contributed by atoms with E-state index in [2.05, 4.69) is 6.92 Å². The SMILES string of the molecule is C[C@@H]1CC[C@H](S(=O)(=O)Cl)C1. The van der Waals surface area contributed by atoms with Crippen molar-refractivity contribution in [3.05, 3.63) is 0 Å². The average Bonchev–Trinajstić information content (AvgIpc) is 2.11. The lowest BCUT2D eigenvalue weighted by Gasteiger charge is -2.02. The minimum absolute atomic E-state index is 0.274. The molecule has 0 aliphatic heterocycles. The molecule has 0 radical (unpaired) electrons. The normalized spacial score (nSPS) is 34.6. The van der Waals surface area contributed by atoms with Gasteiger partial charge in [-0.05, 0) is 25.2 Å². The molecular formula is C6H11ClO2S. The van der Waals surface area contributed by atoms with E-state index in [0.29, 0.717) is 5.92 Å². The van der Waals surface area contributed by atoms with Crippen LogP contribution in [0.4, 0.5) is 0 Å². The van der Waals surface area contributed by atoms with Crippen LogP contribution in [0.1, 0.15) is 26.2 Å². The van der Waals surface area contributed by atoms with E-state index in [1.165, 1.54) is 0 Å². The first-order valence-corrected chi connectivity index (χ1v) is 5.81. The Morgan fingerprint density at radius 3 is 2.20 bits per heavy atom. The predicted octanol–water partition coefficient (Wildman–Crippen LogP) is 1.74. The molecule has 0 aromatic carbocycles. The molecular weight excluding hydrogens is 172 g/mol. The summed E-state index contributed by atoms with van der Waals surface area (Å²) in [6.07, 6.45) is 2.48. The lowest BCUT2D eigenvalue weighted by atomic mass is 10.1. The molecule has 0 heterocycles. The van der Waals surface area contributed by atoms with Crippen LogP contribution in [0.3, 0.4) is 0 Å². The van der Waals surface area contributed by atoms with E-state index in [1.807, 2.05) is 0 Å². The van der Waals surface area contributed by atoms with E-state index < -0.39 is 9.05 Å². The molecule has 2 nitrogen and oxygen atoms in total. The first kappa shape index (κ1) is 8.34. The third kappa shape index (κ3) is 1.86. The van der Waals surface area contributed by atoms with Gasteiger partial charge in [-0.3, -0.25) is 0 Å². The summed E-state index contributed by atoms with van der Waals surface area (Å²) in [5.74, 6) is 0.526. The predicted molar refractivity (Wildman–Crippen MR) is 41.6 cm³/mol. The van der Waals surface area contributed by atoms with Crippen molar-refractivity contribution in [2.75, 3.05) is 0 Å². The van der Waals surface area contributed by atoms with Gasteiger partial charge in [0.2, 0.25) is 9.05 Å². The summed E-state index contributed by atoms with van der Waals surface area (Å²) in [4.78, 5) is 0. The van der Waals surface area contributed by atoms with Gasteiger partial charge in [-0.25, -0.2) is 8.42 Å². The number of hydrogen-bond acceptors (Lipinski definition) is 2. The minimum Gasteiger partial charge on any atom is -0.212 e. The summed E-state index contributed by atoms with van der Waals surface area (Å²) in [7, 11) is 1.91. The van der Waals surface area contributed by atoms with Crippen LogP contribution in [0.2, 0.25) is 0 Å². The number of halogens is 1. The smallest absolute Gasteiger partial charge is 0.212 e. The molecule has 2 atom stereocenters. The molecule has 4 heteroatoms. The van der Waals surface area contributed by atoms with Gasteiger partial charge in [-0.1, -0.05) is 6.92 Å². The van der Waals surface area contributed by atoms with Crippen LogP contribution in [-0.4, -0.2) is 13.7 Å². The van der Waals surface area contributed by atoms with Gasteiger partial charge in [-0.15, -0.1) is 0 Å². The fourth-order valence-electron chi connectivity index (χ4n) is 1.41. The van der Waals surface area contributed by atoms with Crippen LogP contribution in [0.5, 0.6) is 0 Å². The molecule has 0 spiro atoms. The maximum absolute atomic E-state index is 10.7.